The number of aromatic nitrogens is 5. The Balaban J connectivity index is 1.83. The Morgan fingerprint density at radius 2 is 1.74 bits per heavy atom. The number of aromatic amines is 1. The Bertz CT molecular complexity index is 1470. The van der Waals surface area contributed by atoms with Gasteiger partial charge in [-0.2, -0.15) is 0 Å². The van der Waals surface area contributed by atoms with E-state index in [9.17, 15) is 4.79 Å². The van der Waals surface area contributed by atoms with E-state index in [0.29, 0.717) is 39.1 Å². The van der Waals surface area contributed by atoms with Gasteiger partial charge in [-0.1, -0.05) is 11.6 Å². The predicted octanol–water partition coefficient (Wildman–Crippen LogP) is 4.97. The summed E-state index contributed by atoms with van der Waals surface area (Å²) in [6, 6.07) is 10.8. The second kappa shape index (κ2) is 7.45. The number of halogens is 1. The topological polar surface area (TPSA) is 97.6 Å². The number of nitrogens with zero attached hydrogens (tertiary/aromatic N) is 4. The first-order chi connectivity index (χ1) is 15.0. The summed E-state index contributed by atoms with van der Waals surface area (Å²) in [6.07, 6.45) is 4.92. The van der Waals surface area contributed by atoms with Gasteiger partial charge < -0.3 is 9.40 Å². The second-order valence-electron chi connectivity index (χ2n) is 7.12. The van der Waals surface area contributed by atoms with Gasteiger partial charge in [0.05, 0.1) is 0 Å². The average Bonchev–Trinajstić information content (AvgIpc) is 3.19. The number of aryl methyl sites for hydroxylation is 2. The van der Waals surface area contributed by atoms with E-state index in [1.807, 2.05) is 32.0 Å². The third kappa shape index (κ3) is 3.49. The Morgan fingerprint density at radius 1 is 0.935 bits per heavy atom. The van der Waals surface area contributed by atoms with Crippen LogP contribution in [0.15, 0.2) is 64.2 Å². The molecule has 0 bridgehead atoms. The Labute approximate surface area is 181 Å². The normalized spacial score (nSPS) is 11.2. The van der Waals surface area contributed by atoms with Crippen molar-refractivity contribution in [3.8, 4) is 33.8 Å². The van der Waals surface area contributed by atoms with E-state index in [1.165, 1.54) is 0 Å². The van der Waals surface area contributed by atoms with Crippen molar-refractivity contribution in [2.75, 3.05) is 0 Å². The van der Waals surface area contributed by atoms with Crippen LogP contribution in [0.4, 0.5) is 0 Å². The lowest BCUT2D eigenvalue weighted by Gasteiger charge is -2.10. The van der Waals surface area contributed by atoms with Gasteiger partial charge in [0.2, 0.25) is 5.43 Å². The molecule has 0 aliphatic heterocycles. The minimum absolute atomic E-state index is 0.224. The highest BCUT2D eigenvalue weighted by Crippen LogP contribution is 2.32. The quantitative estimate of drug-likeness (QED) is 0.406. The van der Waals surface area contributed by atoms with Crippen LogP contribution < -0.4 is 5.43 Å². The molecule has 0 aliphatic carbocycles. The molecule has 0 aliphatic rings. The molecule has 0 unspecified atom stereocenters. The van der Waals surface area contributed by atoms with Gasteiger partial charge in [-0.15, -0.1) is 0 Å². The summed E-state index contributed by atoms with van der Waals surface area (Å²) in [5.41, 5.74) is 4.02. The van der Waals surface area contributed by atoms with Crippen molar-refractivity contribution in [3.63, 3.8) is 0 Å². The molecule has 1 N–H and O–H groups in total. The molecular weight excluding hydrogens is 414 g/mol. The van der Waals surface area contributed by atoms with Crippen molar-refractivity contribution in [2.24, 2.45) is 0 Å². The van der Waals surface area contributed by atoms with Crippen molar-refractivity contribution in [2.45, 2.75) is 13.8 Å². The largest absolute Gasteiger partial charge is 0.460 e. The minimum atomic E-state index is -0.229. The number of nitrogens with one attached hydrogen (secondary N) is 1. The monoisotopic (exact) mass is 429 g/mol. The zero-order valence-electron chi connectivity index (χ0n) is 16.7. The van der Waals surface area contributed by atoms with Gasteiger partial charge in [0, 0.05) is 35.4 Å². The second-order valence-corrected chi connectivity index (χ2v) is 7.50. The molecule has 0 atom stereocenters. The first-order valence-electron chi connectivity index (χ1n) is 9.55. The molecule has 31 heavy (non-hydrogen) atoms. The van der Waals surface area contributed by atoms with Crippen LogP contribution >= 0.6 is 11.6 Å². The van der Waals surface area contributed by atoms with Crippen molar-refractivity contribution >= 4 is 22.8 Å². The zero-order valence-corrected chi connectivity index (χ0v) is 17.4. The maximum atomic E-state index is 13.3. The average molecular weight is 430 g/mol. The Hall–Kier alpha value is -3.84. The van der Waals surface area contributed by atoms with Gasteiger partial charge in [0.15, 0.2) is 16.9 Å². The molecular formula is C23H16ClN5O2. The molecule has 0 spiro atoms. The van der Waals surface area contributed by atoms with Crippen LogP contribution in [0, 0.1) is 13.8 Å². The summed E-state index contributed by atoms with van der Waals surface area (Å²) >= 11 is 6.20. The number of hydrogen-bond acceptors (Lipinski definition) is 6. The molecule has 7 nitrogen and oxygen atoms in total. The van der Waals surface area contributed by atoms with Crippen LogP contribution in [0.3, 0.4) is 0 Å². The number of fused-ring (bicyclic) bond motifs is 1. The van der Waals surface area contributed by atoms with E-state index in [-0.39, 0.29) is 10.9 Å². The van der Waals surface area contributed by atoms with Gasteiger partial charge in [0.25, 0.3) is 0 Å². The maximum absolute atomic E-state index is 13.3. The lowest BCUT2D eigenvalue weighted by Crippen LogP contribution is -2.11. The molecule has 0 amide bonds. The van der Waals surface area contributed by atoms with E-state index >= 15 is 0 Å². The maximum Gasteiger partial charge on any atom is 0.217 e. The van der Waals surface area contributed by atoms with Crippen molar-refractivity contribution in [1.29, 1.82) is 0 Å². The molecule has 0 radical (unpaired) electrons. The van der Waals surface area contributed by atoms with Gasteiger partial charge in [-0.05, 0) is 55.8 Å². The third-order valence-electron chi connectivity index (χ3n) is 4.87. The molecule has 0 aromatic carbocycles. The summed E-state index contributed by atoms with van der Waals surface area (Å²) in [6.45, 7) is 3.70. The highest BCUT2D eigenvalue weighted by Gasteiger charge is 2.19. The van der Waals surface area contributed by atoms with Crippen LogP contribution in [0.2, 0.25) is 5.15 Å². The fourth-order valence-corrected chi connectivity index (χ4v) is 3.72. The van der Waals surface area contributed by atoms with Gasteiger partial charge in [-0.3, -0.25) is 9.78 Å². The van der Waals surface area contributed by atoms with E-state index in [1.54, 1.807) is 36.8 Å². The van der Waals surface area contributed by atoms with Crippen molar-refractivity contribution in [3.05, 3.63) is 81.8 Å². The molecule has 5 heterocycles. The summed E-state index contributed by atoms with van der Waals surface area (Å²) < 4.78 is 5.81. The van der Waals surface area contributed by atoms with E-state index in [4.69, 9.17) is 26.0 Å². The fraction of sp³-hybridized carbons (Fsp3) is 0.0870. The lowest BCUT2D eigenvalue weighted by molar-refractivity contribution is 0.546. The summed E-state index contributed by atoms with van der Waals surface area (Å²) in [5.74, 6) is 1.29. The predicted molar refractivity (Wildman–Crippen MR) is 119 cm³/mol. The Kier molecular flexibility index (Phi) is 4.60. The molecule has 5 aromatic heterocycles. The summed E-state index contributed by atoms with van der Waals surface area (Å²) in [4.78, 5) is 34.1. The first-order valence-corrected chi connectivity index (χ1v) is 9.92. The first kappa shape index (κ1) is 19.1. The van der Waals surface area contributed by atoms with Crippen LogP contribution in [0.5, 0.6) is 0 Å². The van der Waals surface area contributed by atoms with Crippen molar-refractivity contribution < 1.29 is 4.42 Å². The highest BCUT2D eigenvalue weighted by atomic mass is 35.5. The van der Waals surface area contributed by atoms with Crippen LogP contribution in [0.25, 0.3) is 45.0 Å². The molecule has 5 rings (SSSR count). The standard InChI is InChI=1S/C23H16ClN5O2/c1-12-9-15(10-18(24)27-12)19-20(17-4-3-13(2)31-17)29-23-21(28-19)22(30)16(11-26-23)14-5-7-25-8-6-14/h3-11H,1-2H3,(H,26,29,30). The minimum Gasteiger partial charge on any atom is -0.460 e. The van der Waals surface area contributed by atoms with Crippen LogP contribution in [-0.4, -0.2) is 24.9 Å². The number of H-pyrrole nitrogens is 1. The number of rotatable bonds is 3. The van der Waals surface area contributed by atoms with Gasteiger partial charge >= 0.3 is 0 Å². The van der Waals surface area contributed by atoms with E-state index < -0.39 is 0 Å². The van der Waals surface area contributed by atoms with Crippen LogP contribution in [-0.2, 0) is 0 Å². The van der Waals surface area contributed by atoms with Gasteiger partial charge in [-0.25, -0.2) is 15.0 Å². The number of pyridine rings is 3. The van der Waals surface area contributed by atoms with E-state index in [0.717, 1.165) is 17.0 Å². The summed E-state index contributed by atoms with van der Waals surface area (Å²) in [5, 5.41) is 0.331. The molecule has 0 saturated heterocycles. The van der Waals surface area contributed by atoms with Crippen LogP contribution in [0.1, 0.15) is 11.5 Å². The van der Waals surface area contributed by atoms with Gasteiger partial charge in [0.1, 0.15) is 22.3 Å². The molecule has 5 aromatic rings. The molecule has 152 valence electrons. The van der Waals surface area contributed by atoms with Crippen molar-refractivity contribution in [1.82, 2.24) is 24.9 Å². The fourth-order valence-electron chi connectivity index (χ4n) is 3.47. The number of furan rings is 1. The SMILES string of the molecule is Cc1cc(-c2nc3c(=O)c(-c4ccncc4)c[nH]c3nc2-c2ccc(C)o2)cc(Cl)n1. The highest BCUT2D eigenvalue weighted by molar-refractivity contribution is 6.29. The zero-order chi connectivity index (χ0) is 21.5. The molecule has 0 fully saturated rings. The Morgan fingerprint density at radius 3 is 2.45 bits per heavy atom. The molecule has 0 saturated carbocycles. The van der Waals surface area contributed by atoms with E-state index in [2.05, 4.69) is 15.0 Å². The number of hydrogen-bond donors (Lipinski definition) is 1. The third-order valence-corrected chi connectivity index (χ3v) is 5.06. The smallest absolute Gasteiger partial charge is 0.217 e. The lowest BCUT2D eigenvalue weighted by atomic mass is 10.1. The summed E-state index contributed by atoms with van der Waals surface area (Å²) in [7, 11) is 0. The molecule has 8 heteroatoms.